The highest BCUT2D eigenvalue weighted by Gasteiger charge is 2.33. The van der Waals surface area contributed by atoms with E-state index in [-0.39, 0.29) is 0 Å². The predicted octanol–water partition coefficient (Wildman–Crippen LogP) is 3.36. The lowest BCUT2D eigenvalue weighted by molar-refractivity contribution is -0.125. The summed E-state index contributed by atoms with van der Waals surface area (Å²) in [5.74, 6) is -0.322. The van der Waals surface area contributed by atoms with Gasteiger partial charge in [0.2, 0.25) is 0 Å². The molecule has 1 aromatic carbocycles. The highest BCUT2D eigenvalue weighted by molar-refractivity contribution is 5.91. The molecule has 0 bridgehead atoms. The van der Waals surface area contributed by atoms with Crippen LogP contribution in [0, 0.1) is 11.3 Å². The first-order valence-electron chi connectivity index (χ1n) is 9.21. The van der Waals surface area contributed by atoms with Gasteiger partial charge in [0.15, 0.2) is 6.61 Å². The maximum Gasteiger partial charge on any atom is 0.338 e. The SMILES string of the molecule is CCCCOc1ccc(C(=O)OCC(=O)NC2(C#N)CCCCC2)cc1. The quantitative estimate of drug-likeness (QED) is 0.568. The molecule has 1 saturated carbocycles. The van der Waals surface area contributed by atoms with E-state index < -0.39 is 24.0 Å². The van der Waals surface area contributed by atoms with Gasteiger partial charge in [0, 0.05) is 0 Å². The van der Waals surface area contributed by atoms with Gasteiger partial charge in [-0.25, -0.2) is 4.79 Å². The number of amides is 1. The van der Waals surface area contributed by atoms with Crippen molar-refractivity contribution in [2.45, 2.75) is 57.4 Å². The number of hydrogen-bond donors (Lipinski definition) is 1. The van der Waals surface area contributed by atoms with Crippen LogP contribution in [0.1, 0.15) is 62.2 Å². The van der Waals surface area contributed by atoms with E-state index in [2.05, 4.69) is 18.3 Å². The highest BCUT2D eigenvalue weighted by atomic mass is 16.5. The van der Waals surface area contributed by atoms with Crippen LogP contribution in [-0.2, 0) is 9.53 Å². The third kappa shape index (κ3) is 5.76. The molecule has 2 rings (SSSR count). The number of benzene rings is 1. The van der Waals surface area contributed by atoms with E-state index >= 15 is 0 Å². The number of esters is 1. The number of nitrogens with zero attached hydrogens (tertiary/aromatic N) is 1. The van der Waals surface area contributed by atoms with Gasteiger partial charge >= 0.3 is 5.97 Å². The summed E-state index contributed by atoms with van der Waals surface area (Å²) in [6.45, 7) is 2.34. The molecule has 1 N–H and O–H groups in total. The highest BCUT2D eigenvalue weighted by Crippen LogP contribution is 2.27. The van der Waals surface area contributed by atoms with Gasteiger partial charge in [-0.15, -0.1) is 0 Å². The summed E-state index contributed by atoms with van der Waals surface area (Å²) in [6.07, 6.45) is 6.22. The number of carbonyl (C=O) groups excluding carboxylic acids is 2. The summed E-state index contributed by atoms with van der Waals surface area (Å²) in [5.41, 5.74) is -0.465. The lowest BCUT2D eigenvalue weighted by Crippen LogP contribution is -2.50. The van der Waals surface area contributed by atoms with Gasteiger partial charge in [0.25, 0.3) is 5.91 Å². The van der Waals surface area contributed by atoms with Crippen molar-refractivity contribution in [3.05, 3.63) is 29.8 Å². The Bertz CT molecular complexity index is 643. The molecule has 0 radical (unpaired) electrons. The molecule has 0 aliphatic heterocycles. The lowest BCUT2D eigenvalue weighted by Gasteiger charge is -2.31. The number of unbranched alkanes of at least 4 members (excludes halogenated alkanes) is 1. The topological polar surface area (TPSA) is 88.4 Å². The average Bonchev–Trinajstić information content (AvgIpc) is 2.67. The molecule has 140 valence electrons. The minimum atomic E-state index is -0.820. The summed E-state index contributed by atoms with van der Waals surface area (Å²) in [7, 11) is 0. The van der Waals surface area contributed by atoms with E-state index in [1.807, 2.05) is 0 Å². The van der Waals surface area contributed by atoms with Crippen LogP contribution in [0.2, 0.25) is 0 Å². The second-order valence-electron chi connectivity index (χ2n) is 6.61. The Kier molecular flexibility index (Phi) is 7.46. The molecule has 0 aromatic heterocycles. The molecule has 0 spiro atoms. The van der Waals surface area contributed by atoms with E-state index in [4.69, 9.17) is 9.47 Å². The molecule has 0 atom stereocenters. The molecular weight excluding hydrogens is 332 g/mol. The summed E-state index contributed by atoms with van der Waals surface area (Å²) in [4.78, 5) is 24.1. The average molecular weight is 358 g/mol. The summed E-state index contributed by atoms with van der Waals surface area (Å²) >= 11 is 0. The zero-order valence-electron chi connectivity index (χ0n) is 15.3. The maximum absolute atomic E-state index is 12.1. The van der Waals surface area contributed by atoms with Gasteiger partial charge in [-0.3, -0.25) is 4.79 Å². The zero-order chi connectivity index (χ0) is 18.8. The predicted molar refractivity (Wildman–Crippen MR) is 96.7 cm³/mol. The number of nitrogens with one attached hydrogen (secondary N) is 1. The van der Waals surface area contributed by atoms with Crippen LogP contribution in [-0.4, -0.2) is 30.6 Å². The van der Waals surface area contributed by atoms with Gasteiger partial charge < -0.3 is 14.8 Å². The monoisotopic (exact) mass is 358 g/mol. The fraction of sp³-hybridized carbons (Fsp3) is 0.550. The molecule has 26 heavy (non-hydrogen) atoms. The van der Waals surface area contributed by atoms with Crippen molar-refractivity contribution >= 4 is 11.9 Å². The van der Waals surface area contributed by atoms with E-state index in [0.29, 0.717) is 30.8 Å². The van der Waals surface area contributed by atoms with E-state index in [0.717, 1.165) is 32.1 Å². The van der Waals surface area contributed by atoms with Crippen LogP contribution in [0.3, 0.4) is 0 Å². The Hall–Kier alpha value is -2.55. The van der Waals surface area contributed by atoms with Crippen LogP contribution in [0.15, 0.2) is 24.3 Å². The molecule has 0 saturated heterocycles. The largest absolute Gasteiger partial charge is 0.494 e. The standard InChI is InChI=1S/C20H26N2O4/c1-2-3-13-25-17-9-7-16(8-10-17)19(24)26-14-18(23)22-20(15-21)11-5-4-6-12-20/h7-10H,2-6,11-14H2,1H3,(H,22,23). The number of carbonyl (C=O) groups is 2. The molecule has 0 heterocycles. The summed E-state index contributed by atoms with van der Waals surface area (Å²) in [5, 5.41) is 12.1. The Morgan fingerprint density at radius 2 is 1.88 bits per heavy atom. The Morgan fingerprint density at radius 1 is 1.19 bits per heavy atom. The van der Waals surface area contributed by atoms with Crippen LogP contribution in [0.5, 0.6) is 5.75 Å². The van der Waals surface area contributed by atoms with Gasteiger partial charge in [-0.1, -0.05) is 32.6 Å². The molecular formula is C20H26N2O4. The smallest absolute Gasteiger partial charge is 0.338 e. The number of nitriles is 1. The Morgan fingerprint density at radius 3 is 2.50 bits per heavy atom. The minimum Gasteiger partial charge on any atom is -0.494 e. The van der Waals surface area contributed by atoms with E-state index in [1.165, 1.54) is 0 Å². The molecule has 1 aliphatic rings. The second kappa shape index (κ2) is 9.81. The third-order valence-electron chi connectivity index (χ3n) is 4.49. The van der Waals surface area contributed by atoms with E-state index in [9.17, 15) is 14.9 Å². The third-order valence-corrected chi connectivity index (χ3v) is 4.49. The first-order valence-corrected chi connectivity index (χ1v) is 9.21. The van der Waals surface area contributed by atoms with Crippen molar-refractivity contribution in [1.29, 1.82) is 5.26 Å². The van der Waals surface area contributed by atoms with Gasteiger partial charge in [0.05, 0.1) is 18.2 Å². The second-order valence-corrected chi connectivity index (χ2v) is 6.61. The zero-order valence-corrected chi connectivity index (χ0v) is 15.3. The Balaban J connectivity index is 1.80. The van der Waals surface area contributed by atoms with Crippen molar-refractivity contribution in [1.82, 2.24) is 5.32 Å². The first-order chi connectivity index (χ1) is 12.6. The molecule has 0 unspecified atom stereocenters. The van der Waals surface area contributed by atoms with E-state index in [1.54, 1.807) is 24.3 Å². The van der Waals surface area contributed by atoms with Gasteiger partial charge in [0.1, 0.15) is 11.3 Å². The van der Waals surface area contributed by atoms with Gasteiger partial charge in [-0.2, -0.15) is 5.26 Å². The molecule has 6 heteroatoms. The first kappa shape index (κ1) is 19.8. The van der Waals surface area contributed by atoms with Crippen LogP contribution >= 0.6 is 0 Å². The maximum atomic E-state index is 12.1. The number of hydrogen-bond acceptors (Lipinski definition) is 5. The molecule has 6 nitrogen and oxygen atoms in total. The van der Waals surface area contributed by atoms with Gasteiger partial charge in [-0.05, 0) is 43.5 Å². The summed E-state index contributed by atoms with van der Waals surface area (Å²) in [6, 6.07) is 8.84. The fourth-order valence-corrected chi connectivity index (χ4v) is 2.96. The normalized spacial score (nSPS) is 15.5. The van der Waals surface area contributed by atoms with Crippen LogP contribution in [0.4, 0.5) is 0 Å². The van der Waals surface area contributed by atoms with Crippen LogP contribution < -0.4 is 10.1 Å². The lowest BCUT2D eigenvalue weighted by atomic mass is 9.83. The summed E-state index contributed by atoms with van der Waals surface area (Å²) < 4.78 is 10.6. The molecule has 1 aliphatic carbocycles. The van der Waals surface area contributed by atoms with Crippen molar-refractivity contribution in [2.75, 3.05) is 13.2 Å². The van der Waals surface area contributed by atoms with Crippen molar-refractivity contribution in [3.63, 3.8) is 0 Å². The fourth-order valence-electron chi connectivity index (χ4n) is 2.96. The van der Waals surface area contributed by atoms with Crippen LogP contribution in [0.25, 0.3) is 0 Å². The molecule has 1 aromatic rings. The number of ether oxygens (including phenoxy) is 2. The number of rotatable bonds is 8. The van der Waals surface area contributed by atoms with Crippen molar-refractivity contribution in [3.8, 4) is 11.8 Å². The van der Waals surface area contributed by atoms with Crippen molar-refractivity contribution in [2.24, 2.45) is 0 Å². The van der Waals surface area contributed by atoms with Crippen molar-refractivity contribution < 1.29 is 19.1 Å². The minimum absolute atomic E-state index is 0.355. The Labute approximate surface area is 154 Å². The molecule has 1 fully saturated rings. The molecule has 1 amide bonds.